The summed E-state index contributed by atoms with van der Waals surface area (Å²) in [5.41, 5.74) is 0.443. The Morgan fingerprint density at radius 3 is 2.54 bits per heavy atom. The number of methoxy groups -OCH3 is 1. The molecule has 2 heteroatoms. The van der Waals surface area contributed by atoms with Crippen molar-refractivity contribution in [3.63, 3.8) is 0 Å². The standard InChI is InChI=1S/C11H23NO/c1-5-11(9-13-4)6-7-12(8-11)10(2)3/h10H,5-9H2,1-4H3. The van der Waals surface area contributed by atoms with E-state index in [4.69, 9.17) is 4.74 Å². The van der Waals surface area contributed by atoms with Crippen LogP contribution in [0.5, 0.6) is 0 Å². The second-order valence-electron chi connectivity index (χ2n) is 4.60. The number of likely N-dealkylation sites (tertiary alicyclic amines) is 1. The molecule has 1 rings (SSSR count). The third-order valence-corrected chi connectivity index (χ3v) is 3.40. The van der Waals surface area contributed by atoms with Gasteiger partial charge in [0.2, 0.25) is 0 Å². The number of hydrogen-bond donors (Lipinski definition) is 0. The van der Waals surface area contributed by atoms with Gasteiger partial charge in [-0.05, 0) is 33.2 Å². The first kappa shape index (κ1) is 11.0. The van der Waals surface area contributed by atoms with Crippen LogP contribution >= 0.6 is 0 Å². The smallest absolute Gasteiger partial charge is 0.0531 e. The highest BCUT2D eigenvalue weighted by Gasteiger charge is 2.37. The number of nitrogens with zero attached hydrogens (tertiary/aromatic N) is 1. The first-order valence-electron chi connectivity index (χ1n) is 5.36. The topological polar surface area (TPSA) is 12.5 Å². The van der Waals surface area contributed by atoms with Gasteiger partial charge in [-0.25, -0.2) is 0 Å². The molecule has 0 N–H and O–H groups in total. The van der Waals surface area contributed by atoms with E-state index in [1.54, 1.807) is 0 Å². The summed E-state index contributed by atoms with van der Waals surface area (Å²) >= 11 is 0. The quantitative estimate of drug-likeness (QED) is 0.665. The highest BCUT2D eigenvalue weighted by molar-refractivity contribution is 4.89. The van der Waals surface area contributed by atoms with Gasteiger partial charge in [-0.15, -0.1) is 0 Å². The van der Waals surface area contributed by atoms with Crippen LogP contribution in [0.1, 0.15) is 33.6 Å². The van der Waals surface area contributed by atoms with Crippen molar-refractivity contribution in [2.75, 3.05) is 26.8 Å². The summed E-state index contributed by atoms with van der Waals surface area (Å²) in [4.78, 5) is 2.56. The average molecular weight is 185 g/mol. The van der Waals surface area contributed by atoms with Crippen LogP contribution in [0, 0.1) is 5.41 Å². The lowest BCUT2D eigenvalue weighted by Crippen LogP contribution is -2.34. The van der Waals surface area contributed by atoms with Gasteiger partial charge in [0.15, 0.2) is 0 Å². The van der Waals surface area contributed by atoms with E-state index in [0.29, 0.717) is 11.5 Å². The number of hydrogen-bond acceptors (Lipinski definition) is 2. The Hall–Kier alpha value is -0.0800. The van der Waals surface area contributed by atoms with E-state index in [1.165, 1.54) is 25.9 Å². The van der Waals surface area contributed by atoms with Gasteiger partial charge in [-0.3, -0.25) is 0 Å². The second kappa shape index (κ2) is 4.43. The predicted octanol–water partition coefficient (Wildman–Crippen LogP) is 2.14. The van der Waals surface area contributed by atoms with Gasteiger partial charge in [0.05, 0.1) is 6.61 Å². The van der Waals surface area contributed by atoms with Crippen molar-refractivity contribution in [1.29, 1.82) is 0 Å². The first-order valence-corrected chi connectivity index (χ1v) is 5.36. The zero-order chi connectivity index (χ0) is 9.90. The predicted molar refractivity (Wildman–Crippen MR) is 55.9 cm³/mol. The summed E-state index contributed by atoms with van der Waals surface area (Å²) in [6.07, 6.45) is 2.54. The molecule has 0 aliphatic carbocycles. The van der Waals surface area contributed by atoms with E-state index in [0.717, 1.165) is 6.61 Å². The van der Waals surface area contributed by atoms with E-state index >= 15 is 0 Å². The van der Waals surface area contributed by atoms with E-state index in [9.17, 15) is 0 Å². The van der Waals surface area contributed by atoms with Crippen LogP contribution in [0.15, 0.2) is 0 Å². The minimum atomic E-state index is 0.443. The van der Waals surface area contributed by atoms with Crippen molar-refractivity contribution in [2.45, 2.75) is 39.7 Å². The van der Waals surface area contributed by atoms with E-state index in [-0.39, 0.29) is 0 Å². The molecular formula is C11H23NO. The summed E-state index contributed by atoms with van der Waals surface area (Å²) < 4.78 is 5.32. The molecule has 0 amide bonds. The van der Waals surface area contributed by atoms with Crippen LogP contribution in [0.2, 0.25) is 0 Å². The van der Waals surface area contributed by atoms with E-state index in [1.807, 2.05) is 7.11 Å². The van der Waals surface area contributed by atoms with Crippen LogP contribution < -0.4 is 0 Å². The van der Waals surface area contributed by atoms with E-state index < -0.39 is 0 Å². The lowest BCUT2D eigenvalue weighted by atomic mass is 9.85. The molecule has 1 fully saturated rings. The fraction of sp³-hybridized carbons (Fsp3) is 1.00. The van der Waals surface area contributed by atoms with Gasteiger partial charge in [0.1, 0.15) is 0 Å². The maximum Gasteiger partial charge on any atom is 0.0531 e. The molecular weight excluding hydrogens is 162 g/mol. The largest absolute Gasteiger partial charge is 0.384 e. The van der Waals surface area contributed by atoms with Crippen LogP contribution in [-0.2, 0) is 4.74 Å². The Morgan fingerprint density at radius 2 is 2.15 bits per heavy atom. The molecule has 0 aromatic carbocycles. The molecule has 1 aliphatic heterocycles. The number of ether oxygens (including phenoxy) is 1. The molecule has 13 heavy (non-hydrogen) atoms. The molecule has 78 valence electrons. The molecule has 0 radical (unpaired) electrons. The Labute approximate surface area is 82.3 Å². The summed E-state index contributed by atoms with van der Waals surface area (Å²) in [5.74, 6) is 0. The molecule has 0 bridgehead atoms. The van der Waals surface area contributed by atoms with Gasteiger partial charge in [0, 0.05) is 25.1 Å². The van der Waals surface area contributed by atoms with E-state index in [2.05, 4.69) is 25.7 Å². The Morgan fingerprint density at radius 1 is 1.46 bits per heavy atom. The van der Waals surface area contributed by atoms with Crippen molar-refractivity contribution in [3.05, 3.63) is 0 Å². The van der Waals surface area contributed by atoms with Crippen molar-refractivity contribution in [1.82, 2.24) is 4.90 Å². The molecule has 1 aliphatic rings. The molecule has 1 atom stereocenters. The average Bonchev–Trinajstić information content (AvgIpc) is 2.51. The molecule has 0 aromatic heterocycles. The number of rotatable bonds is 4. The Balaban J connectivity index is 2.52. The molecule has 1 unspecified atom stereocenters. The maximum atomic E-state index is 5.32. The van der Waals surface area contributed by atoms with Gasteiger partial charge < -0.3 is 9.64 Å². The highest BCUT2D eigenvalue weighted by Crippen LogP contribution is 2.34. The van der Waals surface area contributed by atoms with Crippen molar-refractivity contribution >= 4 is 0 Å². The normalized spacial score (nSPS) is 30.2. The molecule has 2 nitrogen and oxygen atoms in total. The zero-order valence-corrected chi connectivity index (χ0v) is 9.47. The lowest BCUT2D eigenvalue weighted by Gasteiger charge is -2.28. The summed E-state index contributed by atoms with van der Waals surface area (Å²) in [6.45, 7) is 10.2. The Kier molecular flexibility index (Phi) is 3.74. The lowest BCUT2D eigenvalue weighted by molar-refractivity contribution is 0.0774. The van der Waals surface area contributed by atoms with Crippen molar-refractivity contribution in [2.24, 2.45) is 5.41 Å². The molecule has 0 saturated carbocycles. The van der Waals surface area contributed by atoms with Gasteiger partial charge >= 0.3 is 0 Å². The monoisotopic (exact) mass is 185 g/mol. The first-order chi connectivity index (χ1) is 6.13. The molecule has 1 saturated heterocycles. The summed E-state index contributed by atoms with van der Waals surface area (Å²) in [7, 11) is 1.81. The molecule has 0 aromatic rings. The van der Waals surface area contributed by atoms with Crippen LogP contribution in [0.3, 0.4) is 0 Å². The van der Waals surface area contributed by atoms with Crippen molar-refractivity contribution in [3.8, 4) is 0 Å². The summed E-state index contributed by atoms with van der Waals surface area (Å²) in [5, 5.41) is 0. The van der Waals surface area contributed by atoms with Crippen molar-refractivity contribution < 1.29 is 4.74 Å². The third-order valence-electron chi connectivity index (χ3n) is 3.40. The third kappa shape index (κ3) is 2.44. The maximum absolute atomic E-state index is 5.32. The second-order valence-corrected chi connectivity index (χ2v) is 4.60. The SMILES string of the molecule is CCC1(COC)CCN(C(C)C)C1. The Bertz CT molecular complexity index is 158. The summed E-state index contributed by atoms with van der Waals surface area (Å²) in [6, 6.07) is 0.685. The van der Waals surface area contributed by atoms with Crippen LogP contribution in [0.25, 0.3) is 0 Å². The molecule has 0 spiro atoms. The minimum absolute atomic E-state index is 0.443. The van der Waals surface area contributed by atoms with Gasteiger partial charge in [-0.1, -0.05) is 6.92 Å². The van der Waals surface area contributed by atoms with Gasteiger partial charge in [0.25, 0.3) is 0 Å². The van der Waals surface area contributed by atoms with Crippen LogP contribution in [0.4, 0.5) is 0 Å². The fourth-order valence-corrected chi connectivity index (χ4v) is 2.23. The molecule has 1 heterocycles. The highest BCUT2D eigenvalue weighted by atomic mass is 16.5. The minimum Gasteiger partial charge on any atom is -0.384 e. The van der Waals surface area contributed by atoms with Crippen LogP contribution in [-0.4, -0.2) is 37.7 Å². The van der Waals surface area contributed by atoms with Gasteiger partial charge in [-0.2, -0.15) is 0 Å². The fourth-order valence-electron chi connectivity index (χ4n) is 2.23. The zero-order valence-electron chi connectivity index (χ0n) is 9.47.